The first-order valence-corrected chi connectivity index (χ1v) is 7.09. The highest BCUT2D eigenvalue weighted by Crippen LogP contribution is 2.27. The lowest BCUT2D eigenvalue weighted by Gasteiger charge is -2.07. The number of alkyl halides is 2. The summed E-state index contributed by atoms with van der Waals surface area (Å²) >= 11 is 0.498. The maximum Gasteiger partial charge on any atom is 0.321 e. The van der Waals surface area contributed by atoms with E-state index in [4.69, 9.17) is 4.74 Å². The van der Waals surface area contributed by atoms with Crippen molar-refractivity contribution in [3.8, 4) is 17.4 Å². The van der Waals surface area contributed by atoms with Gasteiger partial charge in [0.05, 0.1) is 7.11 Å². The number of hydrogen-bond donors (Lipinski definition) is 1. The summed E-state index contributed by atoms with van der Waals surface area (Å²) < 4.78 is 29.6. The fourth-order valence-electron chi connectivity index (χ4n) is 1.60. The van der Waals surface area contributed by atoms with Crippen molar-refractivity contribution in [1.82, 2.24) is 15.0 Å². The summed E-state index contributed by atoms with van der Waals surface area (Å²) in [6.45, 7) is 2.59. The zero-order valence-corrected chi connectivity index (χ0v) is 12.3. The van der Waals surface area contributed by atoms with Gasteiger partial charge in [0.25, 0.3) is 5.76 Å². The van der Waals surface area contributed by atoms with Gasteiger partial charge in [0, 0.05) is 17.0 Å². The first kappa shape index (κ1) is 15.4. The lowest BCUT2D eigenvalue weighted by atomic mass is 10.2. The van der Waals surface area contributed by atoms with Crippen LogP contribution in [0.25, 0.3) is 11.4 Å². The van der Waals surface area contributed by atoms with E-state index in [9.17, 15) is 8.78 Å². The van der Waals surface area contributed by atoms with Gasteiger partial charge in [-0.3, -0.25) is 0 Å². The number of hydrogen-bond acceptors (Lipinski definition) is 6. The number of halogens is 2. The zero-order valence-electron chi connectivity index (χ0n) is 11.5. The molecule has 0 spiro atoms. The van der Waals surface area contributed by atoms with Crippen molar-refractivity contribution in [1.29, 1.82) is 0 Å². The van der Waals surface area contributed by atoms with E-state index in [-0.39, 0.29) is 6.01 Å². The monoisotopic (exact) mass is 312 g/mol. The SMILES string of the molecule is CCNc1nc(OC)nc(-c2ccc(SC(F)F)cc2)n1. The van der Waals surface area contributed by atoms with Crippen molar-refractivity contribution in [2.24, 2.45) is 0 Å². The van der Waals surface area contributed by atoms with E-state index in [0.717, 1.165) is 0 Å². The van der Waals surface area contributed by atoms with Crippen LogP contribution < -0.4 is 10.1 Å². The third-order valence-electron chi connectivity index (χ3n) is 2.47. The molecule has 0 atom stereocenters. The van der Waals surface area contributed by atoms with Crippen LogP contribution in [0.4, 0.5) is 14.7 Å². The third kappa shape index (κ3) is 4.25. The second kappa shape index (κ2) is 7.16. The average Bonchev–Trinajstić information content (AvgIpc) is 2.47. The van der Waals surface area contributed by atoms with Crippen LogP contribution in [0.15, 0.2) is 29.2 Å². The van der Waals surface area contributed by atoms with Gasteiger partial charge in [0.1, 0.15) is 0 Å². The van der Waals surface area contributed by atoms with Crippen molar-refractivity contribution in [3.63, 3.8) is 0 Å². The van der Waals surface area contributed by atoms with E-state index in [1.165, 1.54) is 7.11 Å². The molecular weight excluding hydrogens is 298 g/mol. The van der Waals surface area contributed by atoms with Gasteiger partial charge in [0.15, 0.2) is 5.82 Å². The van der Waals surface area contributed by atoms with E-state index >= 15 is 0 Å². The van der Waals surface area contributed by atoms with Crippen LogP contribution in [0.1, 0.15) is 6.92 Å². The Labute approximate surface area is 125 Å². The maximum absolute atomic E-state index is 12.3. The zero-order chi connectivity index (χ0) is 15.2. The molecule has 21 heavy (non-hydrogen) atoms. The Morgan fingerprint density at radius 2 is 1.90 bits per heavy atom. The minimum absolute atomic E-state index is 0.196. The normalized spacial score (nSPS) is 10.7. The number of ether oxygens (including phenoxy) is 1. The topological polar surface area (TPSA) is 59.9 Å². The molecule has 0 aliphatic rings. The van der Waals surface area contributed by atoms with Gasteiger partial charge < -0.3 is 10.1 Å². The Morgan fingerprint density at radius 1 is 1.19 bits per heavy atom. The molecule has 1 aromatic heterocycles. The number of anilines is 1. The number of nitrogens with one attached hydrogen (secondary N) is 1. The van der Waals surface area contributed by atoms with E-state index in [1.807, 2.05) is 6.92 Å². The number of thioether (sulfide) groups is 1. The highest BCUT2D eigenvalue weighted by molar-refractivity contribution is 7.99. The Hall–Kier alpha value is -1.96. The first-order chi connectivity index (χ1) is 10.1. The molecule has 2 rings (SSSR count). The molecule has 1 aromatic carbocycles. The number of nitrogens with zero attached hydrogens (tertiary/aromatic N) is 3. The fourth-order valence-corrected chi connectivity index (χ4v) is 2.10. The van der Waals surface area contributed by atoms with E-state index in [1.54, 1.807) is 24.3 Å². The Balaban J connectivity index is 2.29. The average molecular weight is 312 g/mol. The predicted molar refractivity (Wildman–Crippen MR) is 77.8 cm³/mol. The summed E-state index contributed by atoms with van der Waals surface area (Å²) in [6.07, 6.45) is 0. The van der Waals surface area contributed by atoms with Crippen LogP contribution in [-0.4, -0.2) is 34.4 Å². The predicted octanol–water partition coefficient (Wildman–Crippen LogP) is 3.29. The van der Waals surface area contributed by atoms with Crippen molar-refractivity contribution in [2.75, 3.05) is 19.0 Å². The smallest absolute Gasteiger partial charge is 0.321 e. The Morgan fingerprint density at radius 3 is 2.48 bits per heavy atom. The molecule has 0 aliphatic heterocycles. The summed E-state index contributed by atoms with van der Waals surface area (Å²) in [5.41, 5.74) is 0.702. The lowest BCUT2D eigenvalue weighted by molar-refractivity contribution is 0.252. The molecular formula is C13H14F2N4OS. The molecule has 0 amide bonds. The Bertz CT molecular complexity index is 595. The van der Waals surface area contributed by atoms with E-state index < -0.39 is 5.76 Å². The molecule has 0 saturated heterocycles. The van der Waals surface area contributed by atoms with Crippen LogP contribution in [0, 0.1) is 0 Å². The summed E-state index contributed by atoms with van der Waals surface area (Å²) in [5.74, 6) is -1.61. The Kier molecular flexibility index (Phi) is 5.26. The largest absolute Gasteiger partial charge is 0.467 e. The third-order valence-corrected chi connectivity index (χ3v) is 3.19. The molecule has 0 bridgehead atoms. The standard InChI is InChI=1S/C13H14F2N4OS/c1-3-16-12-17-10(18-13(19-12)20-2)8-4-6-9(7-5-8)21-11(14)15/h4-7,11H,3H2,1-2H3,(H,16,17,18,19). The van der Waals surface area contributed by atoms with Crippen LogP contribution >= 0.6 is 11.8 Å². The summed E-state index contributed by atoms with van der Waals surface area (Å²) in [7, 11) is 1.47. The molecule has 0 saturated carbocycles. The van der Waals surface area contributed by atoms with Gasteiger partial charge in [-0.1, -0.05) is 23.9 Å². The van der Waals surface area contributed by atoms with Crippen molar-refractivity contribution < 1.29 is 13.5 Å². The molecule has 112 valence electrons. The second-order valence-corrected chi connectivity index (χ2v) is 4.97. The molecule has 1 heterocycles. The fraction of sp³-hybridized carbons (Fsp3) is 0.308. The molecule has 2 aromatic rings. The quantitative estimate of drug-likeness (QED) is 0.826. The molecule has 0 unspecified atom stereocenters. The van der Waals surface area contributed by atoms with Crippen LogP contribution in [0.2, 0.25) is 0 Å². The van der Waals surface area contributed by atoms with Gasteiger partial charge in [-0.05, 0) is 19.1 Å². The summed E-state index contributed by atoms with van der Waals surface area (Å²) in [4.78, 5) is 13.0. The highest BCUT2D eigenvalue weighted by Gasteiger charge is 2.10. The van der Waals surface area contributed by atoms with Crippen molar-refractivity contribution in [2.45, 2.75) is 17.6 Å². The van der Waals surface area contributed by atoms with Crippen LogP contribution in [-0.2, 0) is 0 Å². The number of methoxy groups -OCH3 is 1. The highest BCUT2D eigenvalue weighted by atomic mass is 32.2. The van der Waals surface area contributed by atoms with Gasteiger partial charge in [-0.2, -0.15) is 23.7 Å². The lowest BCUT2D eigenvalue weighted by Crippen LogP contribution is -2.06. The number of benzene rings is 1. The second-order valence-electron chi connectivity index (χ2n) is 3.90. The van der Waals surface area contributed by atoms with E-state index in [0.29, 0.717) is 40.5 Å². The molecule has 5 nitrogen and oxygen atoms in total. The van der Waals surface area contributed by atoms with Gasteiger partial charge >= 0.3 is 6.01 Å². The minimum atomic E-state index is -2.44. The molecule has 0 fully saturated rings. The summed E-state index contributed by atoms with van der Waals surface area (Å²) in [5, 5.41) is 2.98. The van der Waals surface area contributed by atoms with Gasteiger partial charge in [-0.15, -0.1) is 0 Å². The minimum Gasteiger partial charge on any atom is -0.467 e. The maximum atomic E-state index is 12.3. The molecule has 8 heteroatoms. The first-order valence-electron chi connectivity index (χ1n) is 6.21. The summed E-state index contributed by atoms with van der Waals surface area (Å²) in [6, 6.07) is 6.79. The van der Waals surface area contributed by atoms with Gasteiger partial charge in [-0.25, -0.2) is 0 Å². The number of rotatable bonds is 6. The molecule has 0 aliphatic carbocycles. The van der Waals surface area contributed by atoms with Crippen molar-refractivity contribution >= 4 is 17.7 Å². The number of aromatic nitrogens is 3. The van der Waals surface area contributed by atoms with Crippen molar-refractivity contribution in [3.05, 3.63) is 24.3 Å². The molecule has 1 N–H and O–H groups in total. The molecule has 0 radical (unpaired) electrons. The van der Waals surface area contributed by atoms with Crippen LogP contribution in [0.5, 0.6) is 6.01 Å². The van der Waals surface area contributed by atoms with Crippen LogP contribution in [0.3, 0.4) is 0 Å². The van der Waals surface area contributed by atoms with E-state index in [2.05, 4.69) is 20.3 Å². The van der Waals surface area contributed by atoms with Gasteiger partial charge in [0.2, 0.25) is 5.95 Å².